The molecule has 1 N–H and O–H groups in total. The molecule has 1 rings (SSSR count). The molecule has 0 aromatic heterocycles. The topological polar surface area (TPSA) is 41.9 Å². The Labute approximate surface area is 115 Å². The molecule has 108 valence electrons. The molecule has 0 radical (unpaired) electrons. The number of benzene rings is 1. The zero-order valence-corrected chi connectivity index (χ0v) is 12.0. The molecule has 0 heterocycles. The van der Waals surface area contributed by atoms with Crippen molar-refractivity contribution >= 4 is 0 Å². The van der Waals surface area contributed by atoms with Crippen molar-refractivity contribution in [2.45, 2.75) is 13.3 Å². The highest BCUT2D eigenvalue weighted by atomic mass is 16.5. The van der Waals surface area contributed by atoms with Crippen molar-refractivity contribution in [3.05, 3.63) is 29.8 Å². The summed E-state index contributed by atoms with van der Waals surface area (Å²) in [5, 5.41) is 8.99. The molecular formula is C15H25NO3. The van der Waals surface area contributed by atoms with Crippen LogP contribution < -0.4 is 4.74 Å². The first-order valence-electron chi connectivity index (χ1n) is 6.78. The van der Waals surface area contributed by atoms with Gasteiger partial charge >= 0.3 is 0 Å². The number of aliphatic hydroxyl groups is 1. The van der Waals surface area contributed by atoms with Crippen LogP contribution in [0.2, 0.25) is 0 Å². The minimum Gasteiger partial charge on any atom is -0.494 e. The monoisotopic (exact) mass is 267 g/mol. The number of hydrogen-bond donors (Lipinski definition) is 1. The molecule has 0 unspecified atom stereocenters. The summed E-state index contributed by atoms with van der Waals surface area (Å²) in [6.45, 7) is 6.07. The summed E-state index contributed by atoms with van der Waals surface area (Å²) in [6.07, 6.45) is 0.942. The molecule has 0 spiro atoms. The minimum absolute atomic E-state index is 0.183. The van der Waals surface area contributed by atoms with Crippen LogP contribution in [-0.2, 0) is 4.74 Å². The SMILES string of the molecule is COCCN(CCO)CCCOc1cccc(C)c1. The van der Waals surface area contributed by atoms with E-state index in [0.717, 1.165) is 25.3 Å². The largest absolute Gasteiger partial charge is 0.494 e. The van der Waals surface area contributed by atoms with Gasteiger partial charge in [0.25, 0.3) is 0 Å². The van der Waals surface area contributed by atoms with Crippen molar-refractivity contribution in [1.82, 2.24) is 4.90 Å². The van der Waals surface area contributed by atoms with Crippen LogP contribution in [0.3, 0.4) is 0 Å². The highest BCUT2D eigenvalue weighted by molar-refractivity contribution is 5.27. The third-order valence-corrected chi connectivity index (χ3v) is 2.90. The predicted octanol–water partition coefficient (Wildman–Crippen LogP) is 1.70. The number of rotatable bonds is 10. The Morgan fingerprint density at radius 1 is 1.16 bits per heavy atom. The van der Waals surface area contributed by atoms with Crippen molar-refractivity contribution in [2.75, 3.05) is 46.6 Å². The molecule has 0 fully saturated rings. The molecule has 1 aromatic rings. The van der Waals surface area contributed by atoms with Crippen LogP contribution in [0.15, 0.2) is 24.3 Å². The quantitative estimate of drug-likeness (QED) is 0.655. The second-order valence-electron chi connectivity index (χ2n) is 4.58. The number of aryl methyl sites for hydroxylation is 1. The number of aliphatic hydroxyl groups excluding tert-OH is 1. The molecule has 0 aliphatic heterocycles. The lowest BCUT2D eigenvalue weighted by Crippen LogP contribution is -2.32. The van der Waals surface area contributed by atoms with E-state index in [-0.39, 0.29) is 6.61 Å². The Morgan fingerprint density at radius 3 is 2.68 bits per heavy atom. The molecular weight excluding hydrogens is 242 g/mol. The Morgan fingerprint density at radius 2 is 2.00 bits per heavy atom. The molecule has 0 saturated heterocycles. The maximum Gasteiger partial charge on any atom is 0.119 e. The van der Waals surface area contributed by atoms with Crippen LogP contribution in [0.1, 0.15) is 12.0 Å². The van der Waals surface area contributed by atoms with Gasteiger partial charge in [0.05, 0.1) is 19.8 Å². The van der Waals surface area contributed by atoms with Crippen LogP contribution in [0.25, 0.3) is 0 Å². The number of hydrogen-bond acceptors (Lipinski definition) is 4. The summed E-state index contributed by atoms with van der Waals surface area (Å²) >= 11 is 0. The molecule has 0 saturated carbocycles. The zero-order chi connectivity index (χ0) is 13.9. The standard InChI is InChI=1S/C15H25NO3/c1-14-5-3-6-15(13-14)19-11-4-7-16(8-10-17)9-12-18-2/h3,5-6,13,17H,4,7-12H2,1-2H3. The van der Waals surface area contributed by atoms with Crippen molar-refractivity contribution in [1.29, 1.82) is 0 Å². The van der Waals surface area contributed by atoms with E-state index in [2.05, 4.69) is 17.9 Å². The van der Waals surface area contributed by atoms with E-state index in [1.165, 1.54) is 5.56 Å². The van der Waals surface area contributed by atoms with Gasteiger partial charge < -0.3 is 14.6 Å². The summed E-state index contributed by atoms with van der Waals surface area (Å²) in [7, 11) is 1.69. The normalized spacial score (nSPS) is 10.9. The second-order valence-corrected chi connectivity index (χ2v) is 4.58. The van der Waals surface area contributed by atoms with E-state index in [0.29, 0.717) is 19.8 Å². The van der Waals surface area contributed by atoms with Gasteiger partial charge in [-0.25, -0.2) is 0 Å². The molecule has 0 aliphatic carbocycles. The van der Waals surface area contributed by atoms with Crippen LogP contribution in [-0.4, -0.2) is 56.6 Å². The smallest absolute Gasteiger partial charge is 0.119 e. The lowest BCUT2D eigenvalue weighted by atomic mass is 10.2. The fourth-order valence-corrected chi connectivity index (χ4v) is 1.88. The summed E-state index contributed by atoms with van der Waals surface area (Å²) in [5.41, 5.74) is 1.21. The fraction of sp³-hybridized carbons (Fsp3) is 0.600. The van der Waals surface area contributed by atoms with Gasteiger partial charge in [-0.05, 0) is 31.0 Å². The van der Waals surface area contributed by atoms with Crippen molar-refractivity contribution in [3.8, 4) is 5.75 Å². The zero-order valence-electron chi connectivity index (χ0n) is 12.0. The van der Waals surface area contributed by atoms with E-state index >= 15 is 0 Å². The highest BCUT2D eigenvalue weighted by Crippen LogP contribution is 2.12. The van der Waals surface area contributed by atoms with Crippen LogP contribution in [0.4, 0.5) is 0 Å². The lowest BCUT2D eigenvalue weighted by Gasteiger charge is -2.20. The Kier molecular flexibility index (Phi) is 8.21. The van der Waals surface area contributed by atoms with E-state index in [1.54, 1.807) is 7.11 Å². The first-order chi connectivity index (χ1) is 9.26. The average molecular weight is 267 g/mol. The summed E-state index contributed by atoms with van der Waals surface area (Å²) in [6, 6.07) is 8.07. The van der Waals surface area contributed by atoms with Crippen LogP contribution in [0, 0.1) is 6.92 Å². The van der Waals surface area contributed by atoms with Gasteiger partial charge in [0.2, 0.25) is 0 Å². The summed E-state index contributed by atoms with van der Waals surface area (Å²) in [4.78, 5) is 2.18. The maximum atomic E-state index is 8.99. The summed E-state index contributed by atoms with van der Waals surface area (Å²) in [5.74, 6) is 0.922. The van der Waals surface area contributed by atoms with Crippen LogP contribution >= 0.6 is 0 Å². The average Bonchev–Trinajstić information content (AvgIpc) is 2.41. The Balaban J connectivity index is 2.20. The van der Waals surface area contributed by atoms with Gasteiger partial charge in [0.1, 0.15) is 5.75 Å². The van der Waals surface area contributed by atoms with Gasteiger partial charge in [-0.15, -0.1) is 0 Å². The molecule has 4 nitrogen and oxygen atoms in total. The van der Waals surface area contributed by atoms with Gasteiger partial charge in [0, 0.05) is 26.7 Å². The third-order valence-electron chi connectivity index (χ3n) is 2.90. The van der Waals surface area contributed by atoms with Crippen molar-refractivity contribution in [3.63, 3.8) is 0 Å². The Hall–Kier alpha value is -1.10. The maximum absolute atomic E-state index is 8.99. The first kappa shape index (κ1) is 16.0. The predicted molar refractivity (Wildman–Crippen MR) is 76.7 cm³/mol. The number of methoxy groups -OCH3 is 1. The molecule has 0 amide bonds. The molecule has 19 heavy (non-hydrogen) atoms. The van der Waals surface area contributed by atoms with Gasteiger partial charge in [0.15, 0.2) is 0 Å². The van der Waals surface area contributed by atoms with Crippen molar-refractivity contribution < 1.29 is 14.6 Å². The number of ether oxygens (including phenoxy) is 2. The van der Waals surface area contributed by atoms with Gasteiger partial charge in [-0.2, -0.15) is 0 Å². The van der Waals surface area contributed by atoms with E-state index in [4.69, 9.17) is 14.6 Å². The lowest BCUT2D eigenvalue weighted by molar-refractivity contribution is 0.126. The third kappa shape index (κ3) is 7.15. The molecule has 0 atom stereocenters. The van der Waals surface area contributed by atoms with Gasteiger partial charge in [-0.1, -0.05) is 12.1 Å². The van der Waals surface area contributed by atoms with E-state index < -0.39 is 0 Å². The molecule has 0 aliphatic rings. The Bertz CT molecular complexity index is 344. The van der Waals surface area contributed by atoms with E-state index in [1.807, 2.05) is 18.2 Å². The van der Waals surface area contributed by atoms with Gasteiger partial charge in [-0.3, -0.25) is 4.90 Å². The second kappa shape index (κ2) is 9.78. The minimum atomic E-state index is 0.183. The number of nitrogens with zero attached hydrogens (tertiary/aromatic N) is 1. The first-order valence-corrected chi connectivity index (χ1v) is 6.78. The van der Waals surface area contributed by atoms with Crippen molar-refractivity contribution in [2.24, 2.45) is 0 Å². The molecule has 1 aromatic carbocycles. The molecule has 4 heteroatoms. The van der Waals surface area contributed by atoms with Crippen LogP contribution in [0.5, 0.6) is 5.75 Å². The molecule has 0 bridgehead atoms. The van der Waals surface area contributed by atoms with E-state index in [9.17, 15) is 0 Å². The fourth-order valence-electron chi connectivity index (χ4n) is 1.88. The highest BCUT2D eigenvalue weighted by Gasteiger charge is 2.03. The summed E-state index contributed by atoms with van der Waals surface area (Å²) < 4.78 is 10.8.